The second-order valence-electron chi connectivity index (χ2n) is 4.95. The number of hydrogen-bond acceptors (Lipinski definition) is 3. The maximum Gasteiger partial charge on any atom is 0.257 e. The van der Waals surface area contributed by atoms with E-state index in [0.717, 1.165) is 12.1 Å². The van der Waals surface area contributed by atoms with Gasteiger partial charge < -0.3 is 13.2 Å². The van der Waals surface area contributed by atoms with Gasteiger partial charge in [0.15, 0.2) is 0 Å². The van der Waals surface area contributed by atoms with E-state index < -0.39 is 17.0 Å². The van der Waals surface area contributed by atoms with Gasteiger partial charge in [0.2, 0.25) is 0 Å². The van der Waals surface area contributed by atoms with Crippen molar-refractivity contribution in [1.29, 1.82) is 0 Å². The predicted octanol–water partition coefficient (Wildman–Crippen LogP) is 2.31. The molecule has 0 aromatic heterocycles. The van der Waals surface area contributed by atoms with Gasteiger partial charge in [-0.1, -0.05) is 13.8 Å². The van der Waals surface area contributed by atoms with Gasteiger partial charge in [0.05, 0.1) is 0 Å². The summed E-state index contributed by atoms with van der Waals surface area (Å²) in [4.78, 5) is 0. The summed E-state index contributed by atoms with van der Waals surface area (Å²) in [6.07, 6.45) is 0. The molecule has 0 fully saturated rings. The first-order chi connectivity index (χ1) is 6.72. The molecule has 0 aliphatic heterocycles. The number of hydrogen-bond donors (Lipinski definition) is 0. The van der Waals surface area contributed by atoms with Gasteiger partial charge in [-0.25, -0.2) is 0 Å². The smallest absolute Gasteiger partial charge is 0.257 e. The summed E-state index contributed by atoms with van der Waals surface area (Å²) < 4.78 is 11.2. The second kappa shape index (κ2) is 5.59. The SMILES string of the molecule is CC[Si](C)(O[Si](C)(CC)N(C)C)N(C)C. The Bertz CT molecular complexity index is 182. The van der Waals surface area contributed by atoms with Crippen LogP contribution in [0.4, 0.5) is 0 Å². The van der Waals surface area contributed by atoms with Gasteiger partial charge in [0, 0.05) is 0 Å². The van der Waals surface area contributed by atoms with Crippen LogP contribution in [0.1, 0.15) is 13.8 Å². The topological polar surface area (TPSA) is 15.7 Å². The average Bonchev–Trinajstić information content (AvgIpc) is 2.16. The standard InChI is InChI=1S/C10H28N2OSi2/c1-9-14(7,11(3)4)13-15(8,10-2)12(5)6/h9-10H2,1-8H3. The van der Waals surface area contributed by atoms with Crippen LogP contribution in [0.15, 0.2) is 0 Å². The number of rotatable bonds is 6. The zero-order valence-corrected chi connectivity index (χ0v) is 13.7. The molecule has 3 nitrogen and oxygen atoms in total. The summed E-state index contributed by atoms with van der Waals surface area (Å²) in [5, 5.41) is 0. The van der Waals surface area contributed by atoms with Gasteiger partial charge in [-0.15, -0.1) is 0 Å². The molecule has 0 N–H and O–H groups in total. The van der Waals surface area contributed by atoms with Crippen molar-refractivity contribution in [2.45, 2.75) is 39.0 Å². The number of nitrogens with zero attached hydrogens (tertiary/aromatic N) is 2. The largest absolute Gasteiger partial charge is 0.432 e. The fourth-order valence-corrected chi connectivity index (χ4v) is 9.10. The van der Waals surface area contributed by atoms with Crippen LogP contribution >= 0.6 is 0 Å². The molecule has 0 amide bonds. The van der Waals surface area contributed by atoms with Crippen LogP contribution in [0.3, 0.4) is 0 Å². The van der Waals surface area contributed by atoms with E-state index in [9.17, 15) is 0 Å². The maximum atomic E-state index is 6.58. The van der Waals surface area contributed by atoms with E-state index in [1.165, 1.54) is 0 Å². The van der Waals surface area contributed by atoms with Crippen LogP contribution in [0.25, 0.3) is 0 Å². The van der Waals surface area contributed by atoms with Crippen LogP contribution in [-0.4, -0.2) is 54.3 Å². The summed E-state index contributed by atoms with van der Waals surface area (Å²) in [6.45, 7) is 9.12. The van der Waals surface area contributed by atoms with Gasteiger partial charge in [0.25, 0.3) is 17.0 Å². The zero-order chi connectivity index (χ0) is 12.3. The van der Waals surface area contributed by atoms with Gasteiger partial charge in [-0.3, -0.25) is 0 Å². The Hall–Kier alpha value is 0.314. The Labute approximate surface area is 97.8 Å². The lowest BCUT2D eigenvalue weighted by atomic mass is 11.0. The third kappa shape index (κ3) is 3.67. The van der Waals surface area contributed by atoms with Crippen LogP contribution in [0, 0.1) is 0 Å². The van der Waals surface area contributed by atoms with E-state index in [1.807, 2.05) is 0 Å². The molecule has 0 saturated heterocycles. The summed E-state index contributed by atoms with van der Waals surface area (Å²) in [7, 11) is 5.26. The van der Waals surface area contributed by atoms with Crippen molar-refractivity contribution in [1.82, 2.24) is 9.13 Å². The summed E-state index contributed by atoms with van der Waals surface area (Å²) in [5.41, 5.74) is 0. The molecule has 0 aliphatic rings. The quantitative estimate of drug-likeness (QED) is 0.671. The van der Waals surface area contributed by atoms with E-state index in [1.54, 1.807) is 0 Å². The van der Waals surface area contributed by atoms with E-state index in [4.69, 9.17) is 4.12 Å². The zero-order valence-electron chi connectivity index (χ0n) is 11.7. The molecule has 0 bridgehead atoms. The van der Waals surface area contributed by atoms with Crippen molar-refractivity contribution < 1.29 is 4.12 Å². The summed E-state index contributed by atoms with van der Waals surface area (Å²) in [6, 6.07) is 2.30. The minimum absolute atomic E-state index is 1.15. The van der Waals surface area contributed by atoms with Crippen LogP contribution in [0.2, 0.25) is 25.2 Å². The van der Waals surface area contributed by atoms with Crippen LogP contribution in [-0.2, 0) is 4.12 Å². The van der Waals surface area contributed by atoms with E-state index >= 15 is 0 Å². The highest BCUT2D eigenvalue weighted by atomic mass is 28.4. The highest BCUT2D eigenvalue weighted by molar-refractivity contribution is 6.83. The molecule has 0 heterocycles. The predicted molar refractivity (Wildman–Crippen MR) is 72.7 cm³/mol. The third-order valence-electron chi connectivity index (χ3n) is 3.64. The van der Waals surface area contributed by atoms with Crippen LogP contribution < -0.4 is 0 Å². The third-order valence-corrected chi connectivity index (χ3v) is 13.6. The first-order valence-corrected chi connectivity index (χ1v) is 10.9. The summed E-state index contributed by atoms with van der Waals surface area (Å²) >= 11 is 0. The molecule has 0 saturated carbocycles. The van der Waals surface area contributed by atoms with Crippen molar-refractivity contribution in [3.63, 3.8) is 0 Å². The average molecular weight is 249 g/mol. The first kappa shape index (κ1) is 15.3. The molecule has 0 spiro atoms. The van der Waals surface area contributed by atoms with Crippen molar-refractivity contribution in [3.8, 4) is 0 Å². The van der Waals surface area contributed by atoms with Crippen molar-refractivity contribution in [2.24, 2.45) is 0 Å². The minimum Gasteiger partial charge on any atom is -0.432 e. The van der Waals surface area contributed by atoms with E-state index in [0.29, 0.717) is 0 Å². The normalized spacial score (nSPS) is 20.4. The molecule has 2 atom stereocenters. The van der Waals surface area contributed by atoms with Gasteiger partial charge in [-0.05, 0) is 53.4 Å². The van der Waals surface area contributed by atoms with Crippen molar-refractivity contribution in [2.75, 3.05) is 28.2 Å². The van der Waals surface area contributed by atoms with Gasteiger partial charge in [0.1, 0.15) is 0 Å². The van der Waals surface area contributed by atoms with Gasteiger partial charge in [-0.2, -0.15) is 0 Å². The minimum atomic E-state index is -1.67. The van der Waals surface area contributed by atoms with E-state index in [-0.39, 0.29) is 0 Å². The highest BCUT2D eigenvalue weighted by Gasteiger charge is 2.41. The lowest BCUT2D eigenvalue weighted by molar-refractivity contribution is 0.374. The highest BCUT2D eigenvalue weighted by Crippen LogP contribution is 2.23. The van der Waals surface area contributed by atoms with E-state index in [2.05, 4.69) is 64.3 Å². The molecule has 5 heteroatoms. The summed E-state index contributed by atoms with van der Waals surface area (Å²) in [5.74, 6) is 0. The molecule has 92 valence electrons. The monoisotopic (exact) mass is 248 g/mol. The molecular weight excluding hydrogens is 220 g/mol. The molecule has 0 aromatic rings. The van der Waals surface area contributed by atoms with Crippen molar-refractivity contribution in [3.05, 3.63) is 0 Å². The lowest BCUT2D eigenvalue weighted by Gasteiger charge is -2.43. The molecule has 2 unspecified atom stereocenters. The Morgan fingerprint density at radius 3 is 1.20 bits per heavy atom. The molecule has 0 aliphatic carbocycles. The molecule has 0 rings (SSSR count). The molecular formula is C10H28N2OSi2. The fraction of sp³-hybridized carbons (Fsp3) is 1.00. The van der Waals surface area contributed by atoms with Crippen LogP contribution in [0.5, 0.6) is 0 Å². The lowest BCUT2D eigenvalue weighted by Crippen LogP contribution is -2.61. The Morgan fingerprint density at radius 2 is 1.07 bits per heavy atom. The van der Waals surface area contributed by atoms with Gasteiger partial charge >= 0.3 is 0 Å². The van der Waals surface area contributed by atoms with Crippen molar-refractivity contribution >= 4 is 17.0 Å². The first-order valence-electron chi connectivity index (χ1n) is 5.77. The Morgan fingerprint density at radius 1 is 0.800 bits per heavy atom. The fourth-order valence-electron chi connectivity index (χ4n) is 1.43. The Balaban J connectivity index is 4.79. The molecule has 15 heavy (non-hydrogen) atoms. The second-order valence-corrected chi connectivity index (χ2v) is 13.7. The molecule has 0 aromatic carbocycles. The molecule has 0 radical (unpaired) electrons. The maximum absolute atomic E-state index is 6.58. The Kier molecular flexibility index (Phi) is 5.70.